The summed E-state index contributed by atoms with van der Waals surface area (Å²) in [6, 6.07) is 0.264. The fourth-order valence-electron chi connectivity index (χ4n) is 3.31. The van der Waals surface area contributed by atoms with Crippen LogP contribution >= 0.6 is 0 Å². The molecule has 1 unspecified atom stereocenters. The van der Waals surface area contributed by atoms with Crippen LogP contribution in [0.4, 0.5) is 0 Å². The minimum atomic E-state index is -3.94. The normalized spacial score (nSPS) is 22.7. The van der Waals surface area contributed by atoms with Gasteiger partial charge in [0.2, 0.25) is 10.0 Å². The molecule has 0 saturated carbocycles. The number of hydrogen-bond acceptors (Lipinski definition) is 4. The second-order valence-electron chi connectivity index (χ2n) is 6.21. The van der Waals surface area contributed by atoms with Gasteiger partial charge in [-0.3, -0.25) is 9.59 Å². The van der Waals surface area contributed by atoms with Gasteiger partial charge in [-0.15, -0.1) is 0 Å². The SMILES string of the molecule is O=C(O)C1CCCCN1S(=O)(=O)c1c[nH]c(C(=O)N2CCCC2)c1. The number of nitrogens with one attached hydrogen (secondary N) is 1. The Morgan fingerprint density at radius 2 is 1.79 bits per heavy atom. The van der Waals surface area contributed by atoms with Gasteiger partial charge in [0.15, 0.2) is 0 Å². The molecule has 0 radical (unpaired) electrons. The van der Waals surface area contributed by atoms with Crippen LogP contribution in [0.3, 0.4) is 0 Å². The minimum Gasteiger partial charge on any atom is -0.480 e. The zero-order valence-corrected chi connectivity index (χ0v) is 14.1. The van der Waals surface area contributed by atoms with Gasteiger partial charge < -0.3 is 15.0 Å². The number of carbonyl (C=O) groups excluding carboxylic acids is 1. The van der Waals surface area contributed by atoms with E-state index in [0.29, 0.717) is 32.4 Å². The standard InChI is InChI=1S/C15H21N3O5S/c19-14(17-6-3-4-7-17)12-9-11(10-16-12)24(22,23)18-8-2-1-5-13(18)15(20)21/h9-10,13,16H,1-8H2,(H,20,21). The molecule has 0 spiro atoms. The molecule has 0 aliphatic carbocycles. The number of piperidine rings is 1. The number of aromatic amines is 1. The van der Waals surface area contributed by atoms with Crippen molar-refractivity contribution in [3.8, 4) is 0 Å². The summed E-state index contributed by atoms with van der Waals surface area (Å²) in [5.41, 5.74) is 0.222. The first kappa shape index (κ1) is 17.0. The van der Waals surface area contributed by atoms with Gasteiger partial charge in [0.05, 0.1) is 0 Å². The molecule has 24 heavy (non-hydrogen) atoms. The van der Waals surface area contributed by atoms with Gasteiger partial charge in [-0.1, -0.05) is 0 Å². The van der Waals surface area contributed by atoms with Crippen molar-refractivity contribution in [2.75, 3.05) is 19.6 Å². The topological polar surface area (TPSA) is 111 Å². The molecule has 9 heteroatoms. The molecule has 132 valence electrons. The average Bonchev–Trinajstić information content (AvgIpc) is 3.26. The van der Waals surface area contributed by atoms with E-state index in [0.717, 1.165) is 17.1 Å². The molecule has 2 aliphatic rings. The Balaban J connectivity index is 1.84. The highest BCUT2D eigenvalue weighted by molar-refractivity contribution is 7.89. The molecule has 0 bridgehead atoms. The van der Waals surface area contributed by atoms with E-state index in [2.05, 4.69) is 4.98 Å². The van der Waals surface area contributed by atoms with Crippen LogP contribution < -0.4 is 0 Å². The molecule has 1 atom stereocenters. The van der Waals surface area contributed by atoms with Gasteiger partial charge >= 0.3 is 5.97 Å². The largest absolute Gasteiger partial charge is 0.480 e. The van der Waals surface area contributed by atoms with Crippen LogP contribution in [0.15, 0.2) is 17.2 Å². The van der Waals surface area contributed by atoms with Crippen LogP contribution in [-0.4, -0.2) is 65.3 Å². The third-order valence-electron chi connectivity index (χ3n) is 4.63. The highest BCUT2D eigenvalue weighted by Gasteiger charge is 2.38. The van der Waals surface area contributed by atoms with E-state index >= 15 is 0 Å². The lowest BCUT2D eigenvalue weighted by Crippen LogP contribution is -2.47. The van der Waals surface area contributed by atoms with Gasteiger partial charge in [-0.05, 0) is 38.2 Å². The summed E-state index contributed by atoms with van der Waals surface area (Å²) in [7, 11) is -3.94. The van der Waals surface area contributed by atoms with Crippen LogP contribution in [0.2, 0.25) is 0 Å². The maximum absolute atomic E-state index is 12.8. The molecule has 2 aliphatic heterocycles. The molecule has 2 N–H and O–H groups in total. The number of sulfonamides is 1. The van der Waals surface area contributed by atoms with Crippen LogP contribution in [0.1, 0.15) is 42.6 Å². The maximum Gasteiger partial charge on any atom is 0.322 e. The Labute approximate surface area is 140 Å². The molecule has 8 nitrogen and oxygen atoms in total. The third-order valence-corrected chi connectivity index (χ3v) is 6.51. The maximum atomic E-state index is 12.8. The fraction of sp³-hybridized carbons (Fsp3) is 0.600. The summed E-state index contributed by atoms with van der Waals surface area (Å²) in [6.45, 7) is 1.53. The number of aliphatic carboxylic acids is 1. The van der Waals surface area contributed by atoms with E-state index in [1.807, 2.05) is 0 Å². The number of carboxylic acids is 1. The summed E-state index contributed by atoms with van der Waals surface area (Å²) < 4.78 is 26.6. The molecule has 1 aromatic rings. The van der Waals surface area contributed by atoms with E-state index in [1.165, 1.54) is 12.3 Å². The van der Waals surface area contributed by atoms with Crippen molar-refractivity contribution in [1.82, 2.24) is 14.2 Å². The molecule has 1 amide bonds. The van der Waals surface area contributed by atoms with Crippen molar-refractivity contribution in [3.63, 3.8) is 0 Å². The minimum absolute atomic E-state index is 0.0572. The summed E-state index contributed by atoms with van der Waals surface area (Å²) in [6.07, 6.45) is 4.80. The number of likely N-dealkylation sites (tertiary alicyclic amines) is 1. The summed E-state index contributed by atoms with van der Waals surface area (Å²) in [5.74, 6) is -1.36. The zero-order chi connectivity index (χ0) is 17.3. The lowest BCUT2D eigenvalue weighted by Gasteiger charge is -2.31. The Bertz CT molecular complexity index is 736. The van der Waals surface area contributed by atoms with Gasteiger partial charge in [-0.25, -0.2) is 8.42 Å². The molecule has 3 rings (SSSR count). The Morgan fingerprint density at radius 3 is 2.46 bits per heavy atom. The first-order chi connectivity index (χ1) is 11.4. The molecule has 2 saturated heterocycles. The predicted octanol–water partition coefficient (Wildman–Crippen LogP) is 0.878. The van der Waals surface area contributed by atoms with Crippen LogP contribution in [0, 0.1) is 0 Å². The Hall–Kier alpha value is -1.87. The number of H-pyrrole nitrogens is 1. The second-order valence-corrected chi connectivity index (χ2v) is 8.10. The second kappa shape index (κ2) is 6.56. The van der Waals surface area contributed by atoms with E-state index < -0.39 is 22.0 Å². The van der Waals surface area contributed by atoms with E-state index in [1.54, 1.807) is 4.90 Å². The number of nitrogens with zero attached hydrogens (tertiary/aromatic N) is 2. The van der Waals surface area contributed by atoms with Crippen molar-refractivity contribution in [1.29, 1.82) is 0 Å². The highest BCUT2D eigenvalue weighted by atomic mass is 32.2. The first-order valence-corrected chi connectivity index (χ1v) is 9.57. The first-order valence-electron chi connectivity index (χ1n) is 8.13. The van der Waals surface area contributed by atoms with Crippen LogP contribution in [-0.2, 0) is 14.8 Å². The smallest absolute Gasteiger partial charge is 0.322 e. The Morgan fingerprint density at radius 1 is 1.12 bits per heavy atom. The van der Waals surface area contributed by atoms with Gasteiger partial charge in [0.25, 0.3) is 5.91 Å². The zero-order valence-electron chi connectivity index (χ0n) is 13.3. The predicted molar refractivity (Wildman–Crippen MR) is 85.1 cm³/mol. The van der Waals surface area contributed by atoms with Crippen molar-refractivity contribution in [3.05, 3.63) is 18.0 Å². The lowest BCUT2D eigenvalue weighted by atomic mass is 10.1. The third kappa shape index (κ3) is 3.05. The van der Waals surface area contributed by atoms with Crippen molar-refractivity contribution < 1.29 is 23.1 Å². The monoisotopic (exact) mass is 355 g/mol. The molecule has 1 aromatic heterocycles. The van der Waals surface area contributed by atoms with Gasteiger partial charge in [0.1, 0.15) is 16.6 Å². The lowest BCUT2D eigenvalue weighted by molar-refractivity contribution is -0.142. The van der Waals surface area contributed by atoms with Crippen molar-refractivity contribution in [2.45, 2.75) is 43.0 Å². The number of amides is 1. The van der Waals surface area contributed by atoms with Gasteiger partial charge in [-0.2, -0.15) is 4.31 Å². The van der Waals surface area contributed by atoms with E-state index in [9.17, 15) is 23.1 Å². The molecular weight excluding hydrogens is 334 g/mol. The van der Waals surface area contributed by atoms with Gasteiger partial charge in [0, 0.05) is 25.8 Å². The van der Waals surface area contributed by atoms with Crippen molar-refractivity contribution in [2.24, 2.45) is 0 Å². The fourth-order valence-corrected chi connectivity index (χ4v) is 4.96. The summed E-state index contributed by atoms with van der Waals surface area (Å²) in [5, 5.41) is 9.28. The quantitative estimate of drug-likeness (QED) is 0.833. The molecule has 0 aromatic carbocycles. The average molecular weight is 355 g/mol. The number of carbonyl (C=O) groups is 2. The van der Waals surface area contributed by atoms with E-state index in [-0.39, 0.29) is 23.0 Å². The van der Waals surface area contributed by atoms with E-state index in [4.69, 9.17) is 0 Å². The summed E-state index contributed by atoms with van der Waals surface area (Å²) in [4.78, 5) is 28.0. The number of hydrogen-bond donors (Lipinski definition) is 2. The molecule has 3 heterocycles. The number of rotatable bonds is 4. The highest BCUT2D eigenvalue weighted by Crippen LogP contribution is 2.26. The van der Waals surface area contributed by atoms with Crippen molar-refractivity contribution >= 4 is 21.9 Å². The number of aromatic nitrogens is 1. The summed E-state index contributed by atoms with van der Waals surface area (Å²) >= 11 is 0. The molecular formula is C15H21N3O5S. The van der Waals surface area contributed by atoms with Crippen LogP contribution in [0.25, 0.3) is 0 Å². The number of carboxylic acid groups (broad SMARTS) is 1. The molecule has 2 fully saturated rings. The Kier molecular flexibility index (Phi) is 4.64. The van der Waals surface area contributed by atoms with Crippen LogP contribution in [0.5, 0.6) is 0 Å².